The molecule has 1 saturated carbocycles. The summed E-state index contributed by atoms with van der Waals surface area (Å²) in [5.74, 6) is -1.43. The van der Waals surface area contributed by atoms with Crippen LogP contribution in [-0.4, -0.2) is 121 Å². The first-order valence-corrected chi connectivity index (χ1v) is 25.7. The molecule has 0 bridgehead atoms. The molecular weight excluding hydrogens is 884 g/mol. The number of carbonyl (C=O) groups is 2. The van der Waals surface area contributed by atoms with E-state index in [9.17, 15) is 54.8 Å². The number of unbranched alkanes of at least 4 members (excludes halogenated alkanes) is 6. The van der Waals surface area contributed by atoms with Crippen molar-refractivity contribution < 1.29 is 73.3 Å². The quantitative estimate of drug-likeness (QED) is 0.0127. The van der Waals surface area contributed by atoms with Gasteiger partial charge >= 0.3 is 19.8 Å². The van der Waals surface area contributed by atoms with Gasteiger partial charge in [0, 0.05) is 12.8 Å². The molecule has 0 aromatic heterocycles. The van der Waals surface area contributed by atoms with E-state index < -0.39 is 87.9 Å². The third kappa shape index (κ3) is 31.4. The second kappa shape index (κ2) is 39.5. The van der Waals surface area contributed by atoms with Crippen LogP contribution in [0, 0.1) is 0 Å². The predicted molar refractivity (Wildman–Crippen MR) is 260 cm³/mol. The summed E-state index contributed by atoms with van der Waals surface area (Å²) < 4.78 is 33.3. The van der Waals surface area contributed by atoms with Crippen molar-refractivity contribution in [3.8, 4) is 0 Å². The summed E-state index contributed by atoms with van der Waals surface area (Å²) in [5.41, 5.74) is 0. The van der Waals surface area contributed by atoms with Gasteiger partial charge in [-0.25, -0.2) is 4.57 Å². The summed E-state index contributed by atoms with van der Waals surface area (Å²) in [4.78, 5) is 35.8. The lowest BCUT2D eigenvalue weighted by atomic mass is 9.85. The highest BCUT2D eigenvalue weighted by Gasteiger charge is 2.51. The first kappa shape index (κ1) is 61.7. The Bertz CT molecular complexity index is 1570. The average molecular weight is 967 g/mol. The maximum Gasteiger partial charge on any atom is 0.472 e. The van der Waals surface area contributed by atoms with E-state index in [1.54, 1.807) is 6.08 Å². The van der Waals surface area contributed by atoms with Crippen LogP contribution < -0.4 is 0 Å². The van der Waals surface area contributed by atoms with Crippen molar-refractivity contribution in [2.24, 2.45) is 0 Å². The van der Waals surface area contributed by atoms with E-state index >= 15 is 0 Å². The number of allylic oxidation sites excluding steroid dienone is 15. The van der Waals surface area contributed by atoms with Gasteiger partial charge in [-0.3, -0.25) is 18.6 Å². The molecule has 1 aliphatic carbocycles. The molecule has 0 aromatic carbocycles. The number of ether oxygens (including phenoxy) is 2. The van der Waals surface area contributed by atoms with Crippen LogP contribution in [0.3, 0.4) is 0 Å². The van der Waals surface area contributed by atoms with Crippen molar-refractivity contribution >= 4 is 19.8 Å². The van der Waals surface area contributed by atoms with E-state index in [4.69, 9.17) is 18.5 Å². The van der Waals surface area contributed by atoms with Gasteiger partial charge in [-0.15, -0.1) is 0 Å². The fraction of sp³-hybridized carbons (Fsp3) is 0.647. The minimum atomic E-state index is -5.22. The molecule has 8 N–H and O–H groups in total. The second-order valence-corrected chi connectivity index (χ2v) is 17.9. The van der Waals surface area contributed by atoms with E-state index in [2.05, 4.69) is 86.8 Å². The smallest absolute Gasteiger partial charge is 0.462 e. The van der Waals surface area contributed by atoms with Gasteiger partial charge in [-0.05, 0) is 96.3 Å². The molecule has 0 radical (unpaired) electrons. The number of hydrogen-bond acceptors (Lipinski definition) is 14. The van der Waals surface area contributed by atoms with Crippen LogP contribution in [0.4, 0.5) is 0 Å². The van der Waals surface area contributed by atoms with Gasteiger partial charge in [0.1, 0.15) is 43.2 Å². The molecule has 67 heavy (non-hydrogen) atoms. The minimum Gasteiger partial charge on any atom is -0.462 e. The Balaban J connectivity index is 2.59. The van der Waals surface area contributed by atoms with Crippen molar-refractivity contribution in [1.29, 1.82) is 0 Å². The Morgan fingerprint density at radius 2 is 1.00 bits per heavy atom. The summed E-state index contributed by atoms with van der Waals surface area (Å²) in [6.07, 6.45) is 31.7. The summed E-state index contributed by atoms with van der Waals surface area (Å²) >= 11 is 0. The minimum absolute atomic E-state index is 0.0560. The Morgan fingerprint density at radius 1 is 0.537 bits per heavy atom. The maximum atomic E-state index is 12.8. The number of phosphoric ester groups is 1. The number of rotatable bonds is 38. The van der Waals surface area contributed by atoms with Crippen molar-refractivity contribution in [2.75, 3.05) is 13.2 Å². The fourth-order valence-corrected chi connectivity index (χ4v) is 7.56. The van der Waals surface area contributed by atoms with Crippen molar-refractivity contribution in [3.63, 3.8) is 0 Å². The Labute approximate surface area is 399 Å². The molecule has 0 aliphatic heterocycles. The molecule has 1 rings (SSSR count). The van der Waals surface area contributed by atoms with Crippen molar-refractivity contribution in [3.05, 3.63) is 97.2 Å². The highest BCUT2D eigenvalue weighted by molar-refractivity contribution is 7.47. The van der Waals surface area contributed by atoms with E-state index in [-0.39, 0.29) is 32.1 Å². The topological polar surface area (TPSA) is 250 Å². The van der Waals surface area contributed by atoms with E-state index in [1.165, 1.54) is 19.3 Å². The molecule has 1 aliphatic rings. The number of carbonyl (C=O) groups excluding carboxylic acids is 2. The third-order valence-corrected chi connectivity index (χ3v) is 11.6. The zero-order chi connectivity index (χ0) is 49.5. The molecular formula is C51H83O15P. The predicted octanol–water partition coefficient (Wildman–Crippen LogP) is 7.77. The summed E-state index contributed by atoms with van der Waals surface area (Å²) in [6.45, 7) is 2.87. The van der Waals surface area contributed by atoms with Crippen LogP contribution in [-0.2, 0) is 32.7 Å². The molecule has 0 heterocycles. The molecule has 1 fully saturated rings. The van der Waals surface area contributed by atoms with Gasteiger partial charge in [0.15, 0.2) is 6.10 Å². The molecule has 15 nitrogen and oxygen atoms in total. The van der Waals surface area contributed by atoms with Crippen LogP contribution in [0.5, 0.6) is 0 Å². The average Bonchev–Trinajstić information content (AvgIpc) is 3.30. The van der Waals surface area contributed by atoms with E-state index in [0.29, 0.717) is 12.8 Å². The van der Waals surface area contributed by atoms with Crippen molar-refractivity contribution in [1.82, 2.24) is 0 Å². The van der Waals surface area contributed by atoms with Crippen LogP contribution >= 0.6 is 7.82 Å². The lowest BCUT2D eigenvalue weighted by Gasteiger charge is -2.41. The SMILES string of the molecule is CC/C=C\C/C=C\C/C=C\C/C=C\C[C@@H](O)[C@H](O)CCCC(=O)O[C@H](COC(=O)CCCCC/C=C\C/C=C\C/C=C\C/C=C\CCCCC)COP(=O)(O)OC1[C@H](O)[C@H](O)C(O)[C@H](O)[C@H]1O. The summed E-state index contributed by atoms with van der Waals surface area (Å²) in [6, 6.07) is 0. The lowest BCUT2D eigenvalue weighted by Crippen LogP contribution is -2.64. The van der Waals surface area contributed by atoms with Crippen molar-refractivity contribution in [2.45, 2.75) is 197 Å². The normalized spacial score (nSPS) is 23.0. The number of esters is 2. The lowest BCUT2D eigenvalue weighted by molar-refractivity contribution is -0.220. The first-order chi connectivity index (χ1) is 32.2. The number of phosphoric acid groups is 1. The van der Waals surface area contributed by atoms with Gasteiger partial charge in [-0.2, -0.15) is 0 Å². The monoisotopic (exact) mass is 967 g/mol. The van der Waals surface area contributed by atoms with Crippen LogP contribution in [0.25, 0.3) is 0 Å². The van der Waals surface area contributed by atoms with Crippen LogP contribution in [0.15, 0.2) is 97.2 Å². The zero-order valence-electron chi connectivity index (χ0n) is 39.9. The molecule has 16 heteroatoms. The second-order valence-electron chi connectivity index (χ2n) is 16.5. The Kier molecular flexibility index (Phi) is 36.4. The summed E-state index contributed by atoms with van der Waals surface area (Å²) in [7, 11) is -5.22. The first-order valence-electron chi connectivity index (χ1n) is 24.2. The molecule has 0 spiro atoms. The highest BCUT2D eigenvalue weighted by atomic mass is 31.2. The molecule has 10 atom stereocenters. The van der Waals surface area contributed by atoms with E-state index in [1.807, 2.05) is 18.2 Å². The standard InChI is InChI=1S/C51H83O15P/c1-3-5-7-9-11-13-15-17-18-19-20-21-22-23-25-27-29-31-33-37-44(54)63-39-41(40-64-67(61,62)66-51-49(59)47(57)46(56)48(58)50(51)60)65-45(55)38-34-36-43(53)42(52)35-32-30-28-26-24-16-14-12-10-8-6-4-2/h6,8,11-14,17-18,20-21,23-26,30,32,41-43,46-53,56-60H,3-5,7,9-10,15-16,19,22,27-29,31,33-40H2,1-2H3,(H,61,62)/b8-6-,13-11-,14-12-,18-17-,21-20-,25-23-,26-24-,32-30-/t41-,42-,43-,46?,47-,48+,49-,50-,51?/m1/s1. The molecule has 0 aromatic rings. The van der Waals surface area contributed by atoms with Crippen LogP contribution in [0.2, 0.25) is 0 Å². The molecule has 0 saturated heterocycles. The van der Waals surface area contributed by atoms with Gasteiger partial charge in [0.2, 0.25) is 0 Å². The van der Waals surface area contributed by atoms with Gasteiger partial charge in [0.25, 0.3) is 0 Å². The summed E-state index contributed by atoms with van der Waals surface area (Å²) in [5, 5.41) is 71.1. The van der Waals surface area contributed by atoms with E-state index in [0.717, 1.165) is 64.2 Å². The zero-order valence-corrected chi connectivity index (χ0v) is 40.8. The highest BCUT2D eigenvalue weighted by Crippen LogP contribution is 2.47. The van der Waals surface area contributed by atoms with Gasteiger partial charge < -0.3 is 50.1 Å². The number of hydrogen-bond donors (Lipinski definition) is 8. The largest absolute Gasteiger partial charge is 0.472 e. The molecule has 0 amide bonds. The maximum absolute atomic E-state index is 12.8. The Morgan fingerprint density at radius 3 is 1.52 bits per heavy atom. The fourth-order valence-electron chi connectivity index (χ4n) is 6.59. The van der Waals surface area contributed by atoms with Gasteiger partial charge in [0.05, 0.1) is 18.8 Å². The van der Waals surface area contributed by atoms with Gasteiger partial charge in [-0.1, -0.05) is 130 Å². The molecule has 3 unspecified atom stereocenters. The Hall–Kier alpha value is -3.31. The molecule has 382 valence electrons. The van der Waals surface area contributed by atoms with Crippen LogP contribution in [0.1, 0.15) is 142 Å². The number of aliphatic hydroxyl groups excluding tert-OH is 7. The number of aliphatic hydroxyl groups is 7. The third-order valence-electron chi connectivity index (χ3n) is 10.6.